The molecule has 1 aromatic heterocycles. The van der Waals surface area contributed by atoms with E-state index in [9.17, 15) is 14.0 Å². The minimum atomic E-state index is -0.972. The molecule has 0 saturated carbocycles. The molecule has 0 aliphatic carbocycles. The molecule has 0 unspecified atom stereocenters. The smallest absolute Gasteiger partial charge is 0.383 e. The Labute approximate surface area is 102 Å². The number of halogens is 1. The molecule has 0 amide bonds. The molecule has 1 heterocycles. The summed E-state index contributed by atoms with van der Waals surface area (Å²) in [6.07, 6.45) is 0. The summed E-state index contributed by atoms with van der Waals surface area (Å²) in [4.78, 5) is 23.1. The van der Waals surface area contributed by atoms with Crippen molar-refractivity contribution in [2.45, 2.75) is 13.8 Å². The highest BCUT2D eigenvalue weighted by Crippen LogP contribution is 2.26. The number of Topliss-reactive ketones (excluding diaryl/α,β-unsaturated/α-hetero) is 1. The first-order valence-corrected chi connectivity index (χ1v) is 5.44. The number of hydrogen-bond donors (Lipinski definition) is 0. The zero-order chi connectivity index (χ0) is 13.3. The summed E-state index contributed by atoms with van der Waals surface area (Å²) < 4.78 is 23.0. The van der Waals surface area contributed by atoms with E-state index in [0.717, 1.165) is 0 Å². The lowest BCUT2D eigenvalue weighted by Crippen LogP contribution is -2.17. The molecule has 0 bridgehead atoms. The minimum absolute atomic E-state index is 0.103. The average Bonchev–Trinajstić information content (AvgIpc) is 2.66. The molecule has 1 aromatic carbocycles. The van der Waals surface area contributed by atoms with Gasteiger partial charge in [-0.05, 0) is 32.0 Å². The lowest BCUT2D eigenvalue weighted by molar-refractivity contribution is -0.137. The van der Waals surface area contributed by atoms with Crippen molar-refractivity contribution in [1.82, 2.24) is 0 Å². The van der Waals surface area contributed by atoms with Crippen LogP contribution in [0.4, 0.5) is 4.39 Å². The molecule has 0 atom stereocenters. The van der Waals surface area contributed by atoms with Crippen LogP contribution in [-0.4, -0.2) is 18.4 Å². The second-order valence-electron chi connectivity index (χ2n) is 3.75. The van der Waals surface area contributed by atoms with Crippen molar-refractivity contribution in [2.75, 3.05) is 6.61 Å². The number of rotatable bonds is 3. The Hall–Kier alpha value is -2.17. The molecule has 0 radical (unpaired) electrons. The van der Waals surface area contributed by atoms with Crippen LogP contribution in [0.3, 0.4) is 0 Å². The first kappa shape index (κ1) is 12.3. The van der Waals surface area contributed by atoms with E-state index in [0.29, 0.717) is 16.5 Å². The van der Waals surface area contributed by atoms with E-state index < -0.39 is 17.6 Å². The van der Waals surface area contributed by atoms with Crippen LogP contribution < -0.4 is 0 Å². The Bertz CT molecular complexity index is 627. The predicted octanol–water partition coefficient (Wildman–Crippen LogP) is 2.63. The molecule has 94 valence electrons. The van der Waals surface area contributed by atoms with Gasteiger partial charge in [-0.3, -0.25) is 4.79 Å². The zero-order valence-corrected chi connectivity index (χ0v) is 9.95. The molecule has 0 N–H and O–H groups in total. The van der Waals surface area contributed by atoms with Crippen LogP contribution in [0.2, 0.25) is 0 Å². The SMILES string of the molecule is CCOC(=O)C(=O)c1oc2ccc(F)cc2c1C. The van der Waals surface area contributed by atoms with E-state index in [4.69, 9.17) is 4.42 Å². The van der Waals surface area contributed by atoms with Crippen molar-refractivity contribution < 1.29 is 23.1 Å². The average molecular weight is 250 g/mol. The summed E-state index contributed by atoms with van der Waals surface area (Å²) in [6.45, 7) is 3.31. The predicted molar refractivity (Wildman–Crippen MR) is 61.9 cm³/mol. The van der Waals surface area contributed by atoms with Gasteiger partial charge in [-0.25, -0.2) is 9.18 Å². The minimum Gasteiger partial charge on any atom is -0.460 e. The summed E-state index contributed by atoms with van der Waals surface area (Å²) in [6, 6.07) is 3.90. The highest BCUT2D eigenvalue weighted by molar-refractivity contribution is 6.40. The molecule has 0 fully saturated rings. The summed E-state index contributed by atoms with van der Waals surface area (Å²) in [7, 11) is 0. The number of carbonyl (C=O) groups excluding carboxylic acids is 2. The summed E-state index contributed by atoms with van der Waals surface area (Å²) >= 11 is 0. The van der Waals surface area contributed by atoms with E-state index >= 15 is 0 Å². The number of benzene rings is 1. The van der Waals surface area contributed by atoms with Crippen LogP contribution >= 0.6 is 0 Å². The maximum atomic E-state index is 13.1. The van der Waals surface area contributed by atoms with Gasteiger partial charge < -0.3 is 9.15 Å². The first-order chi connectivity index (χ1) is 8.54. The number of ether oxygens (including phenoxy) is 1. The maximum absolute atomic E-state index is 13.1. The van der Waals surface area contributed by atoms with Gasteiger partial charge in [-0.2, -0.15) is 0 Å². The molecular formula is C13H11FO4. The molecule has 18 heavy (non-hydrogen) atoms. The Morgan fingerprint density at radius 1 is 1.39 bits per heavy atom. The van der Waals surface area contributed by atoms with Crippen LogP contribution in [0.25, 0.3) is 11.0 Å². The standard InChI is InChI=1S/C13H11FO4/c1-3-17-13(16)11(15)12-7(2)9-6-8(14)4-5-10(9)18-12/h4-6H,3H2,1-2H3. The topological polar surface area (TPSA) is 56.5 Å². The highest BCUT2D eigenvalue weighted by Gasteiger charge is 2.25. The van der Waals surface area contributed by atoms with Crippen LogP contribution in [0.5, 0.6) is 0 Å². The fourth-order valence-electron chi connectivity index (χ4n) is 1.70. The van der Waals surface area contributed by atoms with Gasteiger partial charge in [0.2, 0.25) is 0 Å². The Morgan fingerprint density at radius 2 is 2.11 bits per heavy atom. The molecule has 2 aromatic rings. The number of furan rings is 1. The molecule has 5 heteroatoms. The molecule has 2 rings (SSSR count). The van der Waals surface area contributed by atoms with Crippen LogP contribution in [0.15, 0.2) is 22.6 Å². The van der Waals surface area contributed by atoms with E-state index in [-0.39, 0.29) is 12.4 Å². The van der Waals surface area contributed by atoms with E-state index in [1.807, 2.05) is 0 Å². The maximum Gasteiger partial charge on any atom is 0.383 e. The largest absolute Gasteiger partial charge is 0.460 e. The van der Waals surface area contributed by atoms with E-state index in [1.54, 1.807) is 13.8 Å². The monoisotopic (exact) mass is 250 g/mol. The number of fused-ring (bicyclic) bond motifs is 1. The number of ketones is 1. The first-order valence-electron chi connectivity index (χ1n) is 5.44. The third kappa shape index (κ3) is 1.99. The summed E-state index contributed by atoms with van der Waals surface area (Å²) in [5.41, 5.74) is 0.795. The van der Waals surface area contributed by atoms with Crippen LogP contribution in [-0.2, 0) is 9.53 Å². The van der Waals surface area contributed by atoms with Crippen LogP contribution in [0, 0.1) is 12.7 Å². The third-order valence-corrected chi connectivity index (χ3v) is 2.57. The van der Waals surface area contributed by atoms with Gasteiger partial charge in [-0.1, -0.05) is 0 Å². The van der Waals surface area contributed by atoms with Gasteiger partial charge in [0.1, 0.15) is 11.4 Å². The molecule has 0 saturated heterocycles. The van der Waals surface area contributed by atoms with Crippen molar-refractivity contribution in [3.05, 3.63) is 35.3 Å². The van der Waals surface area contributed by atoms with E-state index in [2.05, 4.69) is 4.74 Å². The second-order valence-corrected chi connectivity index (χ2v) is 3.75. The quantitative estimate of drug-likeness (QED) is 0.477. The molecule has 0 spiro atoms. The van der Waals surface area contributed by atoms with Crippen molar-refractivity contribution in [2.24, 2.45) is 0 Å². The Balaban J connectivity index is 2.49. The highest BCUT2D eigenvalue weighted by atomic mass is 19.1. The molecule has 0 aliphatic rings. The fraction of sp³-hybridized carbons (Fsp3) is 0.231. The van der Waals surface area contributed by atoms with Crippen molar-refractivity contribution in [1.29, 1.82) is 0 Å². The lowest BCUT2D eigenvalue weighted by Gasteiger charge is -1.98. The zero-order valence-electron chi connectivity index (χ0n) is 9.95. The van der Waals surface area contributed by atoms with Crippen molar-refractivity contribution in [3.8, 4) is 0 Å². The van der Waals surface area contributed by atoms with E-state index in [1.165, 1.54) is 18.2 Å². The normalized spacial score (nSPS) is 10.6. The fourth-order valence-corrected chi connectivity index (χ4v) is 1.70. The summed E-state index contributed by atoms with van der Waals surface area (Å²) in [5, 5.41) is 0.475. The third-order valence-electron chi connectivity index (χ3n) is 2.57. The number of esters is 1. The number of hydrogen-bond acceptors (Lipinski definition) is 4. The van der Waals surface area contributed by atoms with Gasteiger partial charge >= 0.3 is 11.8 Å². The van der Waals surface area contributed by atoms with Crippen molar-refractivity contribution >= 4 is 22.7 Å². The Kier molecular flexibility index (Phi) is 3.14. The number of aryl methyl sites for hydroxylation is 1. The lowest BCUT2D eigenvalue weighted by atomic mass is 10.1. The van der Waals surface area contributed by atoms with Gasteiger partial charge in [0.15, 0.2) is 5.76 Å². The molecule has 0 aliphatic heterocycles. The Morgan fingerprint density at radius 3 is 2.78 bits per heavy atom. The van der Waals surface area contributed by atoms with Gasteiger partial charge in [0.25, 0.3) is 0 Å². The van der Waals surface area contributed by atoms with Crippen LogP contribution in [0.1, 0.15) is 23.0 Å². The summed E-state index contributed by atoms with van der Waals surface area (Å²) in [5.74, 6) is -2.36. The number of carbonyl (C=O) groups is 2. The second kappa shape index (κ2) is 4.60. The van der Waals surface area contributed by atoms with Crippen molar-refractivity contribution in [3.63, 3.8) is 0 Å². The van der Waals surface area contributed by atoms with Gasteiger partial charge in [0.05, 0.1) is 6.61 Å². The molecular weight excluding hydrogens is 239 g/mol. The molecule has 4 nitrogen and oxygen atoms in total. The van der Waals surface area contributed by atoms with Gasteiger partial charge in [0, 0.05) is 10.9 Å². The van der Waals surface area contributed by atoms with Gasteiger partial charge in [-0.15, -0.1) is 0 Å².